The van der Waals surface area contributed by atoms with Crippen LogP contribution in [0.4, 0.5) is 17.2 Å². The molecule has 0 aliphatic carbocycles. The topological polar surface area (TPSA) is 122 Å². The molecule has 5 aromatic rings. The highest BCUT2D eigenvalue weighted by atomic mass is 16.5. The molecule has 0 saturated carbocycles. The van der Waals surface area contributed by atoms with Crippen LogP contribution in [0.15, 0.2) is 43.0 Å². The van der Waals surface area contributed by atoms with Gasteiger partial charge in [-0.2, -0.15) is 5.10 Å². The maximum atomic E-state index is 5.52. The SMILES string of the molecule is Cc1nc(-c2cc(N3CCOCC3)cnc2Nc2cccc3[nH]ncc23)c2[nH]c[nH+]c2n1. The predicted octanol–water partition coefficient (Wildman–Crippen LogP) is 2.60. The van der Waals surface area contributed by atoms with Crippen molar-refractivity contribution in [2.24, 2.45) is 0 Å². The number of morpholine rings is 1. The smallest absolute Gasteiger partial charge is 0.303 e. The first kappa shape index (κ1) is 18.7. The number of fused-ring (bicyclic) bond motifs is 2. The van der Waals surface area contributed by atoms with Gasteiger partial charge in [0.2, 0.25) is 5.82 Å². The number of aryl methyl sites for hydroxylation is 1. The number of hydrogen-bond donors (Lipinski definition) is 3. The molecule has 10 heteroatoms. The molecule has 6 rings (SSSR count). The third-order valence-corrected chi connectivity index (χ3v) is 5.69. The zero-order chi connectivity index (χ0) is 21.5. The molecule has 1 fully saturated rings. The number of imidazole rings is 1. The second-order valence-electron chi connectivity index (χ2n) is 7.73. The van der Waals surface area contributed by atoms with Gasteiger partial charge in [-0.05, 0) is 18.2 Å². The minimum atomic E-state index is 0.683. The summed E-state index contributed by atoms with van der Waals surface area (Å²) in [6.07, 6.45) is 5.48. The Morgan fingerprint density at radius 3 is 2.97 bits per heavy atom. The molecule has 1 aliphatic heterocycles. The summed E-state index contributed by atoms with van der Waals surface area (Å²) in [6.45, 7) is 4.97. The monoisotopic (exact) mass is 428 g/mol. The zero-order valence-corrected chi connectivity index (χ0v) is 17.5. The van der Waals surface area contributed by atoms with Gasteiger partial charge in [0, 0.05) is 31.0 Å². The number of benzene rings is 1. The van der Waals surface area contributed by atoms with Crippen molar-refractivity contribution in [1.82, 2.24) is 30.1 Å². The highest BCUT2D eigenvalue weighted by Gasteiger charge is 2.22. The van der Waals surface area contributed by atoms with E-state index in [2.05, 4.69) is 41.4 Å². The molecule has 160 valence electrons. The van der Waals surface area contributed by atoms with E-state index in [4.69, 9.17) is 14.7 Å². The van der Waals surface area contributed by atoms with Gasteiger partial charge in [-0.3, -0.25) is 10.1 Å². The molecule has 0 amide bonds. The fraction of sp³-hybridized carbons (Fsp3) is 0.227. The number of hydrogen-bond acceptors (Lipinski definition) is 7. The normalized spacial score (nSPS) is 14.3. The molecule has 4 aromatic heterocycles. The quantitative estimate of drug-likeness (QED) is 0.402. The Bertz CT molecular complexity index is 1420. The van der Waals surface area contributed by atoms with E-state index >= 15 is 0 Å². The Labute approximate surface area is 183 Å². The maximum absolute atomic E-state index is 5.52. The molecule has 1 aliphatic rings. The first-order valence-electron chi connectivity index (χ1n) is 10.5. The van der Waals surface area contributed by atoms with E-state index in [9.17, 15) is 0 Å². The number of pyridine rings is 1. The molecule has 0 radical (unpaired) electrons. The van der Waals surface area contributed by atoms with Gasteiger partial charge in [0.15, 0.2) is 11.8 Å². The first-order chi connectivity index (χ1) is 15.8. The number of anilines is 3. The van der Waals surface area contributed by atoms with E-state index in [0.29, 0.717) is 24.9 Å². The average Bonchev–Trinajstić information content (AvgIpc) is 3.49. The number of nitrogens with zero attached hydrogens (tertiary/aromatic N) is 5. The number of H-pyrrole nitrogens is 3. The van der Waals surface area contributed by atoms with Crippen LogP contribution >= 0.6 is 0 Å². The molecule has 10 nitrogen and oxygen atoms in total. The number of rotatable bonds is 4. The van der Waals surface area contributed by atoms with Crippen molar-refractivity contribution in [2.75, 3.05) is 36.5 Å². The largest absolute Gasteiger partial charge is 0.378 e. The molecule has 0 atom stereocenters. The summed E-state index contributed by atoms with van der Waals surface area (Å²) in [5.74, 6) is 1.40. The van der Waals surface area contributed by atoms with Crippen molar-refractivity contribution in [2.45, 2.75) is 6.92 Å². The van der Waals surface area contributed by atoms with Gasteiger partial charge in [-0.15, -0.1) is 0 Å². The molecule has 32 heavy (non-hydrogen) atoms. The van der Waals surface area contributed by atoms with Crippen LogP contribution in [0.3, 0.4) is 0 Å². The van der Waals surface area contributed by atoms with Crippen molar-refractivity contribution in [3.05, 3.63) is 48.8 Å². The van der Waals surface area contributed by atoms with Gasteiger partial charge in [0.1, 0.15) is 11.5 Å². The van der Waals surface area contributed by atoms with Gasteiger partial charge in [-0.25, -0.2) is 15.0 Å². The predicted molar refractivity (Wildman–Crippen MR) is 121 cm³/mol. The second-order valence-corrected chi connectivity index (χ2v) is 7.73. The standard InChI is InChI=1S/C22H21N9O/c1-13-27-19(20-22(28-13)25-12-24-20)15-9-14(31-5-7-32-8-6-31)10-23-21(15)29-17-3-2-4-18-16(17)11-26-30-18/h2-4,9-12H,5-8H2,1H3,(H,23,29)(H,26,30)(H,24,25,27,28)/p+1. The van der Waals surface area contributed by atoms with Crippen molar-refractivity contribution in [3.8, 4) is 11.3 Å². The highest BCUT2D eigenvalue weighted by molar-refractivity contribution is 5.96. The molecule has 0 bridgehead atoms. The second kappa shape index (κ2) is 7.57. The van der Waals surface area contributed by atoms with Gasteiger partial charge >= 0.3 is 5.65 Å². The number of aromatic nitrogens is 7. The van der Waals surface area contributed by atoms with Gasteiger partial charge in [0.05, 0.1) is 42.5 Å². The average molecular weight is 428 g/mol. The van der Waals surface area contributed by atoms with Crippen LogP contribution in [0.5, 0.6) is 0 Å². The minimum Gasteiger partial charge on any atom is -0.378 e. The van der Waals surface area contributed by atoms with Crippen LogP contribution in [0.1, 0.15) is 5.82 Å². The van der Waals surface area contributed by atoms with E-state index in [-0.39, 0.29) is 0 Å². The fourth-order valence-electron chi connectivity index (χ4n) is 4.12. The molecule has 5 heterocycles. The lowest BCUT2D eigenvalue weighted by Gasteiger charge is -2.29. The minimum absolute atomic E-state index is 0.683. The van der Waals surface area contributed by atoms with Crippen LogP contribution in [0.2, 0.25) is 0 Å². The third-order valence-electron chi connectivity index (χ3n) is 5.69. The lowest BCUT2D eigenvalue weighted by molar-refractivity contribution is -0.347. The first-order valence-corrected chi connectivity index (χ1v) is 10.5. The van der Waals surface area contributed by atoms with Crippen molar-refractivity contribution in [1.29, 1.82) is 0 Å². The van der Waals surface area contributed by atoms with Crippen LogP contribution in [-0.4, -0.2) is 56.4 Å². The van der Waals surface area contributed by atoms with Crippen molar-refractivity contribution in [3.63, 3.8) is 0 Å². The summed E-state index contributed by atoms with van der Waals surface area (Å²) in [6, 6.07) is 8.13. The molecule has 4 N–H and O–H groups in total. The molecular formula is C22H22N9O+. The zero-order valence-electron chi connectivity index (χ0n) is 17.5. The van der Waals surface area contributed by atoms with E-state index in [0.717, 1.165) is 57.8 Å². The molecule has 1 aromatic carbocycles. The fourth-order valence-corrected chi connectivity index (χ4v) is 4.12. The molecule has 0 unspecified atom stereocenters. The Balaban J connectivity index is 1.52. The van der Waals surface area contributed by atoms with Gasteiger partial charge in [-0.1, -0.05) is 11.1 Å². The van der Waals surface area contributed by atoms with Gasteiger partial charge in [0.25, 0.3) is 0 Å². The van der Waals surface area contributed by atoms with Crippen LogP contribution in [-0.2, 0) is 4.74 Å². The lowest BCUT2D eigenvalue weighted by atomic mass is 10.1. The van der Waals surface area contributed by atoms with Crippen molar-refractivity contribution < 1.29 is 9.72 Å². The van der Waals surface area contributed by atoms with E-state index in [1.54, 1.807) is 6.33 Å². The maximum Gasteiger partial charge on any atom is 0.303 e. The molecule has 0 spiro atoms. The molecular weight excluding hydrogens is 406 g/mol. The lowest BCUT2D eigenvalue weighted by Crippen LogP contribution is -2.36. The van der Waals surface area contributed by atoms with E-state index in [1.807, 2.05) is 37.5 Å². The van der Waals surface area contributed by atoms with Crippen LogP contribution in [0, 0.1) is 6.92 Å². The summed E-state index contributed by atoms with van der Waals surface area (Å²) >= 11 is 0. The van der Waals surface area contributed by atoms with Crippen LogP contribution < -0.4 is 15.2 Å². The number of ether oxygens (including phenoxy) is 1. The summed E-state index contributed by atoms with van der Waals surface area (Å²) in [4.78, 5) is 22.8. The summed E-state index contributed by atoms with van der Waals surface area (Å²) in [5, 5.41) is 11.7. The summed E-state index contributed by atoms with van der Waals surface area (Å²) < 4.78 is 5.52. The highest BCUT2D eigenvalue weighted by Crippen LogP contribution is 2.35. The van der Waals surface area contributed by atoms with Gasteiger partial charge < -0.3 is 15.0 Å². The third kappa shape index (κ3) is 3.21. The Morgan fingerprint density at radius 1 is 1.16 bits per heavy atom. The summed E-state index contributed by atoms with van der Waals surface area (Å²) in [7, 11) is 0. The van der Waals surface area contributed by atoms with E-state index in [1.165, 1.54) is 0 Å². The van der Waals surface area contributed by atoms with Crippen molar-refractivity contribution >= 4 is 39.3 Å². The summed E-state index contributed by atoms with van der Waals surface area (Å²) in [5.41, 5.74) is 6.19. The Morgan fingerprint density at radius 2 is 2.06 bits per heavy atom. The Hall–Kier alpha value is -4.05. The van der Waals surface area contributed by atoms with Crippen LogP contribution in [0.25, 0.3) is 33.3 Å². The Kier molecular flexibility index (Phi) is 4.43. The molecule has 1 saturated heterocycles. The van der Waals surface area contributed by atoms with E-state index < -0.39 is 0 Å². The number of nitrogens with one attached hydrogen (secondary N) is 4. The number of aromatic amines is 3.